The molecule has 0 aliphatic rings. The van der Waals surface area contributed by atoms with E-state index in [1.54, 1.807) is 24.3 Å². The fourth-order valence-electron chi connectivity index (χ4n) is 1.35. The Morgan fingerprint density at radius 3 is 2.47 bits per heavy atom. The highest BCUT2D eigenvalue weighted by Gasteiger charge is 2.07. The SMILES string of the molecule is CS(=O)(=O)NC(=N)c1ccc(OCCCCBr)cc1. The lowest BCUT2D eigenvalue weighted by atomic mass is 10.2. The van der Waals surface area contributed by atoms with Crippen molar-refractivity contribution in [2.45, 2.75) is 12.8 Å². The Morgan fingerprint density at radius 2 is 1.95 bits per heavy atom. The molecule has 0 spiro atoms. The van der Waals surface area contributed by atoms with Gasteiger partial charge < -0.3 is 4.74 Å². The lowest BCUT2D eigenvalue weighted by Gasteiger charge is -2.08. The largest absolute Gasteiger partial charge is 0.494 e. The summed E-state index contributed by atoms with van der Waals surface area (Å²) in [6, 6.07) is 6.75. The first-order valence-electron chi connectivity index (χ1n) is 5.78. The van der Waals surface area contributed by atoms with Crippen LogP contribution < -0.4 is 9.46 Å². The minimum Gasteiger partial charge on any atom is -0.494 e. The number of hydrogen-bond donors (Lipinski definition) is 2. The van der Waals surface area contributed by atoms with Crippen LogP contribution in [-0.2, 0) is 10.0 Å². The summed E-state index contributed by atoms with van der Waals surface area (Å²) in [5, 5.41) is 8.57. The van der Waals surface area contributed by atoms with Gasteiger partial charge >= 0.3 is 0 Å². The van der Waals surface area contributed by atoms with Crippen LogP contribution in [0.1, 0.15) is 18.4 Å². The molecule has 0 aliphatic carbocycles. The lowest BCUT2D eigenvalue weighted by Crippen LogP contribution is -2.29. The predicted octanol–water partition coefficient (Wildman–Crippen LogP) is 2.12. The zero-order chi connectivity index (χ0) is 14.3. The number of amidine groups is 1. The van der Waals surface area contributed by atoms with Gasteiger partial charge in [-0.15, -0.1) is 0 Å². The molecule has 0 radical (unpaired) electrons. The Balaban J connectivity index is 2.54. The molecule has 106 valence electrons. The number of unbranched alkanes of at least 4 members (excludes halogenated alkanes) is 1. The topological polar surface area (TPSA) is 79.3 Å². The zero-order valence-electron chi connectivity index (χ0n) is 10.6. The van der Waals surface area contributed by atoms with E-state index in [2.05, 4.69) is 20.7 Å². The van der Waals surface area contributed by atoms with Crippen molar-refractivity contribution in [1.82, 2.24) is 4.72 Å². The van der Waals surface area contributed by atoms with Gasteiger partial charge in [0.15, 0.2) is 0 Å². The van der Waals surface area contributed by atoms with Crippen molar-refractivity contribution in [3.8, 4) is 5.75 Å². The van der Waals surface area contributed by atoms with E-state index < -0.39 is 10.0 Å². The van der Waals surface area contributed by atoms with E-state index >= 15 is 0 Å². The smallest absolute Gasteiger partial charge is 0.230 e. The Morgan fingerprint density at radius 1 is 1.32 bits per heavy atom. The van der Waals surface area contributed by atoms with E-state index in [0.29, 0.717) is 17.9 Å². The summed E-state index contributed by atoms with van der Waals surface area (Å²) in [7, 11) is -3.41. The molecule has 0 bridgehead atoms. The second-order valence-corrected chi connectivity index (χ2v) is 6.56. The molecule has 0 heterocycles. The molecule has 1 aromatic carbocycles. The van der Waals surface area contributed by atoms with Crippen LogP contribution in [0.15, 0.2) is 24.3 Å². The van der Waals surface area contributed by atoms with Crippen molar-refractivity contribution in [1.29, 1.82) is 5.41 Å². The Labute approximate surface area is 122 Å². The molecule has 0 aromatic heterocycles. The number of benzene rings is 1. The molecule has 5 nitrogen and oxygen atoms in total. The third-order valence-electron chi connectivity index (χ3n) is 2.23. The van der Waals surface area contributed by atoms with Crippen molar-refractivity contribution in [2.24, 2.45) is 0 Å². The minimum atomic E-state index is -3.41. The van der Waals surface area contributed by atoms with E-state index in [-0.39, 0.29) is 5.84 Å². The van der Waals surface area contributed by atoms with Crippen LogP contribution in [0.3, 0.4) is 0 Å². The fraction of sp³-hybridized carbons (Fsp3) is 0.417. The molecule has 1 aromatic rings. The Bertz CT molecular complexity index is 514. The Hall–Kier alpha value is -1.08. The maximum atomic E-state index is 11.0. The molecule has 19 heavy (non-hydrogen) atoms. The molecule has 0 saturated carbocycles. The quantitative estimate of drug-likeness (QED) is 0.343. The van der Waals surface area contributed by atoms with Gasteiger partial charge in [-0.3, -0.25) is 10.1 Å². The van der Waals surface area contributed by atoms with Crippen LogP contribution in [0.2, 0.25) is 0 Å². The standard InChI is InChI=1S/C12H17BrN2O3S/c1-19(16,17)15-12(14)10-4-6-11(7-5-10)18-9-3-2-8-13/h4-7H,2-3,8-9H2,1H3,(H2,14,15). The number of rotatable bonds is 7. The van der Waals surface area contributed by atoms with Crippen molar-refractivity contribution in [2.75, 3.05) is 18.2 Å². The van der Waals surface area contributed by atoms with Gasteiger partial charge in [0.2, 0.25) is 10.0 Å². The summed E-state index contributed by atoms with van der Waals surface area (Å²) in [5.41, 5.74) is 0.498. The van der Waals surface area contributed by atoms with Crippen LogP contribution in [0.25, 0.3) is 0 Å². The number of ether oxygens (including phenoxy) is 1. The molecule has 7 heteroatoms. The fourth-order valence-corrected chi connectivity index (χ4v) is 2.23. The maximum absolute atomic E-state index is 11.0. The van der Waals surface area contributed by atoms with Gasteiger partial charge in [0.1, 0.15) is 11.6 Å². The van der Waals surface area contributed by atoms with Crippen molar-refractivity contribution in [3.63, 3.8) is 0 Å². The summed E-state index contributed by atoms with van der Waals surface area (Å²) >= 11 is 3.35. The summed E-state index contributed by atoms with van der Waals surface area (Å²) in [6.07, 6.45) is 3.04. The van der Waals surface area contributed by atoms with Crippen molar-refractivity contribution >= 4 is 31.8 Å². The highest BCUT2D eigenvalue weighted by Crippen LogP contribution is 2.13. The van der Waals surface area contributed by atoms with Crippen LogP contribution in [0.5, 0.6) is 5.75 Å². The summed E-state index contributed by atoms with van der Waals surface area (Å²) < 4.78 is 29.6. The van der Waals surface area contributed by atoms with Crippen molar-refractivity contribution in [3.05, 3.63) is 29.8 Å². The lowest BCUT2D eigenvalue weighted by molar-refractivity contribution is 0.310. The zero-order valence-corrected chi connectivity index (χ0v) is 13.1. The maximum Gasteiger partial charge on any atom is 0.230 e. The van der Waals surface area contributed by atoms with E-state index in [9.17, 15) is 8.42 Å². The first kappa shape index (κ1) is 16.0. The molecule has 0 atom stereocenters. The van der Waals surface area contributed by atoms with E-state index in [0.717, 1.165) is 24.4 Å². The van der Waals surface area contributed by atoms with Crippen LogP contribution >= 0.6 is 15.9 Å². The molecule has 1 rings (SSSR count). The summed E-state index contributed by atoms with van der Waals surface area (Å²) in [6.45, 7) is 0.643. The average molecular weight is 349 g/mol. The van der Waals surface area contributed by atoms with Gasteiger partial charge in [0, 0.05) is 10.9 Å². The monoisotopic (exact) mass is 348 g/mol. The van der Waals surface area contributed by atoms with Gasteiger partial charge in [0.25, 0.3) is 0 Å². The molecule has 0 aliphatic heterocycles. The molecular weight excluding hydrogens is 332 g/mol. The minimum absolute atomic E-state index is 0.145. The van der Waals surface area contributed by atoms with E-state index in [1.807, 2.05) is 0 Å². The number of hydrogen-bond acceptors (Lipinski definition) is 4. The normalized spacial score (nSPS) is 11.1. The van der Waals surface area contributed by atoms with Gasteiger partial charge in [-0.05, 0) is 37.1 Å². The molecule has 0 unspecified atom stereocenters. The molecule has 0 fully saturated rings. The second kappa shape index (κ2) is 7.49. The summed E-state index contributed by atoms with van der Waals surface area (Å²) in [5.74, 6) is 0.568. The second-order valence-electron chi connectivity index (χ2n) is 4.02. The highest BCUT2D eigenvalue weighted by molar-refractivity contribution is 9.09. The molecule has 2 N–H and O–H groups in total. The Kier molecular flexibility index (Phi) is 6.30. The van der Waals surface area contributed by atoms with Gasteiger partial charge in [0.05, 0.1) is 12.9 Å². The third kappa shape index (κ3) is 6.58. The van der Waals surface area contributed by atoms with E-state index in [4.69, 9.17) is 10.1 Å². The van der Waals surface area contributed by atoms with Gasteiger partial charge in [-0.2, -0.15) is 0 Å². The molecule has 0 saturated heterocycles. The number of nitrogens with one attached hydrogen (secondary N) is 2. The van der Waals surface area contributed by atoms with Crippen LogP contribution in [0.4, 0.5) is 0 Å². The number of halogens is 1. The summed E-state index contributed by atoms with van der Waals surface area (Å²) in [4.78, 5) is 0. The predicted molar refractivity (Wildman–Crippen MR) is 79.8 cm³/mol. The van der Waals surface area contributed by atoms with Gasteiger partial charge in [-0.1, -0.05) is 15.9 Å². The third-order valence-corrected chi connectivity index (χ3v) is 3.36. The van der Waals surface area contributed by atoms with Gasteiger partial charge in [-0.25, -0.2) is 8.42 Å². The highest BCUT2D eigenvalue weighted by atomic mass is 79.9. The molecular formula is C12H17BrN2O3S. The van der Waals surface area contributed by atoms with Crippen LogP contribution in [0, 0.1) is 5.41 Å². The average Bonchev–Trinajstić information content (AvgIpc) is 2.33. The molecule has 0 amide bonds. The number of alkyl halides is 1. The van der Waals surface area contributed by atoms with E-state index in [1.165, 1.54) is 0 Å². The first-order valence-corrected chi connectivity index (χ1v) is 8.79. The van der Waals surface area contributed by atoms with Crippen LogP contribution in [-0.4, -0.2) is 32.4 Å². The number of sulfonamides is 1. The first-order chi connectivity index (χ1) is 8.92. The van der Waals surface area contributed by atoms with Crippen molar-refractivity contribution < 1.29 is 13.2 Å².